The summed E-state index contributed by atoms with van der Waals surface area (Å²) in [6.45, 7) is 1.62. The molecule has 1 aromatic heterocycles. The summed E-state index contributed by atoms with van der Waals surface area (Å²) in [5, 5.41) is 5.59. The zero-order valence-electron chi connectivity index (χ0n) is 5.88. The van der Waals surface area contributed by atoms with Crippen molar-refractivity contribution < 1.29 is 8.78 Å². The van der Waals surface area contributed by atoms with E-state index in [-0.39, 0.29) is 5.82 Å². The molecule has 11 heavy (non-hydrogen) atoms. The monoisotopic (exact) mass is 162 g/mol. The first-order chi connectivity index (χ1) is 5.11. The molecule has 6 heteroatoms. The van der Waals surface area contributed by atoms with Crippen molar-refractivity contribution in [2.75, 3.05) is 0 Å². The Morgan fingerprint density at radius 1 is 1.55 bits per heavy atom. The number of nitrogens with zero attached hydrogens (tertiary/aromatic N) is 2. The second-order valence-electron chi connectivity index (χ2n) is 2.17. The smallest absolute Gasteiger partial charge is 0.296 e. The Morgan fingerprint density at radius 3 is 2.45 bits per heavy atom. The SMILES string of the molecule is CC(N)c1n[nH]c(C(F)F)n1. The van der Waals surface area contributed by atoms with Gasteiger partial charge in [0.2, 0.25) is 0 Å². The first-order valence-electron chi connectivity index (χ1n) is 3.07. The minimum absolute atomic E-state index is 0.209. The maximum atomic E-state index is 11.9. The third-order valence-electron chi connectivity index (χ3n) is 1.13. The van der Waals surface area contributed by atoms with Crippen molar-refractivity contribution in [2.45, 2.75) is 19.4 Å². The highest BCUT2D eigenvalue weighted by atomic mass is 19.3. The molecule has 0 aliphatic carbocycles. The van der Waals surface area contributed by atoms with Crippen LogP contribution in [0.4, 0.5) is 8.78 Å². The fourth-order valence-corrected chi connectivity index (χ4v) is 0.589. The van der Waals surface area contributed by atoms with Gasteiger partial charge in [-0.25, -0.2) is 13.8 Å². The lowest BCUT2D eigenvalue weighted by Crippen LogP contribution is -2.06. The Balaban J connectivity index is 2.82. The quantitative estimate of drug-likeness (QED) is 0.674. The third-order valence-corrected chi connectivity index (χ3v) is 1.13. The van der Waals surface area contributed by atoms with Gasteiger partial charge in [-0.15, -0.1) is 0 Å². The van der Waals surface area contributed by atoms with E-state index in [0.29, 0.717) is 0 Å². The van der Waals surface area contributed by atoms with Crippen LogP contribution in [0, 0.1) is 0 Å². The molecule has 0 aliphatic rings. The molecular weight excluding hydrogens is 154 g/mol. The molecule has 4 nitrogen and oxygen atoms in total. The lowest BCUT2D eigenvalue weighted by molar-refractivity contribution is 0.140. The van der Waals surface area contributed by atoms with Crippen molar-refractivity contribution in [1.82, 2.24) is 15.2 Å². The molecule has 1 rings (SSSR count). The zero-order chi connectivity index (χ0) is 8.43. The molecule has 0 aromatic carbocycles. The molecule has 0 aliphatic heterocycles. The number of nitrogens with two attached hydrogens (primary N) is 1. The number of rotatable bonds is 2. The lowest BCUT2D eigenvalue weighted by Gasteiger charge is -1.94. The maximum Gasteiger partial charge on any atom is 0.296 e. The molecule has 1 unspecified atom stereocenters. The minimum Gasteiger partial charge on any atom is -0.321 e. The molecular formula is C5H8F2N4. The molecule has 0 bridgehead atoms. The van der Waals surface area contributed by atoms with Crippen LogP contribution in [0.2, 0.25) is 0 Å². The molecule has 1 atom stereocenters. The molecule has 1 aromatic rings. The zero-order valence-corrected chi connectivity index (χ0v) is 5.88. The Bertz CT molecular complexity index is 210. The summed E-state index contributed by atoms with van der Waals surface area (Å²) >= 11 is 0. The fraction of sp³-hybridized carbons (Fsp3) is 0.600. The summed E-state index contributed by atoms with van der Waals surface area (Å²) in [6.07, 6.45) is -2.62. The van der Waals surface area contributed by atoms with Gasteiger partial charge in [0.25, 0.3) is 6.43 Å². The molecule has 0 spiro atoms. The third kappa shape index (κ3) is 1.70. The molecule has 0 saturated heterocycles. The Hall–Kier alpha value is -1.04. The van der Waals surface area contributed by atoms with Crippen molar-refractivity contribution in [3.63, 3.8) is 0 Å². The lowest BCUT2D eigenvalue weighted by atomic mass is 10.3. The van der Waals surface area contributed by atoms with Crippen LogP contribution < -0.4 is 5.73 Å². The number of nitrogens with one attached hydrogen (secondary N) is 1. The van der Waals surface area contributed by atoms with Crippen molar-refractivity contribution in [2.24, 2.45) is 5.73 Å². The van der Waals surface area contributed by atoms with E-state index < -0.39 is 18.3 Å². The standard InChI is InChI=1S/C5H8F2N4/c1-2(8)4-9-5(3(6)7)11-10-4/h2-3H,8H2,1H3,(H,9,10,11). The van der Waals surface area contributed by atoms with Gasteiger partial charge < -0.3 is 5.73 Å². The van der Waals surface area contributed by atoms with Crippen LogP contribution in [0.3, 0.4) is 0 Å². The van der Waals surface area contributed by atoms with Crippen LogP contribution in [0.15, 0.2) is 0 Å². The van der Waals surface area contributed by atoms with Crippen LogP contribution in [-0.4, -0.2) is 15.2 Å². The van der Waals surface area contributed by atoms with Crippen molar-refractivity contribution >= 4 is 0 Å². The summed E-state index contributed by atoms with van der Waals surface area (Å²) in [5.74, 6) is -0.224. The van der Waals surface area contributed by atoms with E-state index in [9.17, 15) is 8.78 Å². The highest BCUT2D eigenvalue weighted by Gasteiger charge is 2.14. The number of hydrogen-bond acceptors (Lipinski definition) is 3. The average molecular weight is 162 g/mol. The predicted octanol–water partition coefficient (Wildman–Crippen LogP) is 0.762. The van der Waals surface area contributed by atoms with Crippen LogP contribution in [0.5, 0.6) is 0 Å². The topological polar surface area (TPSA) is 67.6 Å². The van der Waals surface area contributed by atoms with Crippen molar-refractivity contribution in [1.29, 1.82) is 0 Å². The number of aromatic amines is 1. The number of aromatic nitrogens is 3. The first-order valence-corrected chi connectivity index (χ1v) is 3.07. The van der Waals surface area contributed by atoms with Gasteiger partial charge in [0.1, 0.15) is 0 Å². The van der Waals surface area contributed by atoms with Gasteiger partial charge in [-0.3, -0.25) is 5.10 Å². The van der Waals surface area contributed by atoms with Gasteiger partial charge in [-0.1, -0.05) is 0 Å². The highest BCUT2D eigenvalue weighted by Crippen LogP contribution is 2.14. The molecule has 3 N–H and O–H groups in total. The minimum atomic E-state index is -2.62. The summed E-state index contributed by atoms with van der Waals surface area (Å²) < 4.78 is 23.7. The van der Waals surface area contributed by atoms with Crippen LogP contribution in [-0.2, 0) is 0 Å². The van der Waals surface area contributed by atoms with Gasteiger partial charge in [0.05, 0.1) is 6.04 Å². The summed E-state index contributed by atoms with van der Waals surface area (Å²) in [4.78, 5) is 3.47. The van der Waals surface area contributed by atoms with Crippen molar-refractivity contribution in [3.05, 3.63) is 11.6 Å². The van der Waals surface area contributed by atoms with E-state index in [1.54, 1.807) is 6.92 Å². The Morgan fingerprint density at radius 2 is 2.18 bits per heavy atom. The molecule has 0 fully saturated rings. The predicted molar refractivity (Wildman–Crippen MR) is 33.9 cm³/mol. The molecule has 0 amide bonds. The van der Waals surface area contributed by atoms with Gasteiger partial charge >= 0.3 is 0 Å². The van der Waals surface area contributed by atoms with E-state index in [0.717, 1.165) is 0 Å². The van der Waals surface area contributed by atoms with Crippen LogP contribution >= 0.6 is 0 Å². The highest BCUT2D eigenvalue weighted by molar-refractivity contribution is 4.94. The van der Waals surface area contributed by atoms with Gasteiger partial charge in [-0.2, -0.15) is 5.10 Å². The number of hydrogen-bond donors (Lipinski definition) is 2. The average Bonchev–Trinajstić information content (AvgIpc) is 2.33. The van der Waals surface area contributed by atoms with Gasteiger partial charge in [-0.05, 0) is 6.92 Å². The maximum absolute atomic E-state index is 11.9. The van der Waals surface area contributed by atoms with Gasteiger partial charge in [0.15, 0.2) is 11.6 Å². The largest absolute Gasteiger partial charge is 0.321 e. The fourth-order valence-electron chi connectivity index (χ4n) is 0.589. The van der Waals surface area contributed by atoms with Crippen LogP contribution in [0.25, 0.3) is 0 Å². The number of alkyl halides is 2. The van der Waals surface area contributed by atoms with E-state index >= 15 is 0 Å². The molecule has 62 valence electrons. The van der Waals surface area contributed by atoms with E-state index in [4.69, 9.17) is 5.73 Å². The Kier molecular flexibility index (Phi) is 2.13. The Labute approximate surface area is 61.8 Å². The van der Waals surface area contributed by atoms with Crippen molar-refractivity contribution in [3.8, 4) is 0 Å². The molecule has 0 radical (unpaired) electrons. The second-order valence-corrected chi connectivity index (χ2v) is 2.17. The number of H-pyrrole nitrogens is 1. The normalized spacial score (nSPS) is 13.9. The van der Waals surface area contributed by atoms with Gasteiger partial charge in [0, 0.05) is 0 Å². The summed E-state index contributed by atoms with van der Waals surface area (Å²) in [7, 11) is 0. The molecule has 1 heterocycles. The van der Waals surface area contributed by atoms with E-state index in [2.05, 4.69) is 15.2 Å². The van der Waals surface area contributed by atoms with E-state index in [1.165, 1.54) is 0 Å². The van der Waals surface area contributed by atoms with Crippen LogP contribution in [0.1, 0.15) is 31.0 Å². The number of halogens is 2. The molecule has 0 saturated carbocycles. The summed E-state index contributed by atoms with van der Waals surface area (Å²) in [5.41, 5.74) is 5.34. The van der Waals surface area contributed by atoms with E-state index in [1.807, 2.05) is 0 Å². The first kappa shape index (κ1) is 8.06. The summed E-state index contributed by atoms with van der Waals surface area (Å²) in [6, 6.07) is -0.418. The second kappa shape index (κ2) is 2.91.